The molecule has 2 unspecified atom stereocenters. The molecule has 2 atom stereocenters. The van der Waals surface area contributed by atoms with Crippen molar-refractivity contribution < 1.29 is 14.5 Å². The quantitative estimate of drug-likeness (QED) is 0.637. The van der Waals surface area contributed by atoms with Crippen molar-refractivity contribution in [2.75, 3.05) is 20.3 Å². The van der Waals surface area contributed by atoms with E-state index in [2.05, 4.69) is 15.9 Å². The largest absolute Gasteiger partial charge is 0.383 e. The van der Waals surface area contributed by atoms with E-state index in [1.165, 1.54) is 13.2 Å². The number of nitro benzene ring substituents is 1. The third kappa shape index (κ3) is 3.22. The molecule has 0 aromatic heterocycles. The maximum Gasteiger partial charge on any atom is 0.275 e. The standard InChI is InChI=1S/C13H16BrN3O4/c1-21-5-4-16-12(18)7-10(15)13(16)9-3-2-8(14)6-11(9)17(19)20/h2-3,6,10,13H,4-5,7,15H2,1H3. The summed E-state index contributed by atoms with van der Waals surface area (Å²) in [6.45, 7) is 0.722. The van der Waals surface area contributed by atoms with E-state index in [0.717, 1.165) is 0 Å². The highest BCUT2D eigenvalue weighted by Gasteiger charge is 2.41. The van der Waals surface area contributed by atoms with Crippen molar-refractivity contribution in [2.45, 2.75) is 18.5 Å². The van der Waals surface area contributed by atoms with Gasteiger partial charge in [0, 0.05) is 36.7 Å². The van der Waals surface area contributed by atoms with Gasteiger partial charge in [-0.2, -0.15) is 0 Å². The van der Waals surface area contributed by atoms with Gasteiger partial charge in [-0.15, -0.1) is 0 Å². The van der Waals surface area contributed by atoms with E-state index in [0.29, 0.717) is 23.2 Å². The number of nitro groups is 1. The minimum absolute atomic E-state index is 0.0399. The van der Waals surface area contributed by atoms with E-state index in [4.69, 9.17) is 10.5 Å². The lowest BCUT2D eigenvalue weighted by molar-refractivity contribution is -0.386. The second-order valence-electron chi connectivity index (χ2n) is 4.85. The summed E-state index contributed by atoms with van der Waals surface area (Å²) in [5, 5.41) is 11.3. The van der Waals surface area contributed by atoms with Crippen molar-refractivity contribution in [2.24, 2.45) is 5.73 Å². The van der Waals surface area contributed by atoms with Crippen LogP contribution in [0.3, 0.4) is 0 Å². The van der Waals surface area contributed by atoms with Crippen LogP contribution in [0.25, 0.3) is 0 Å². The lowest BCUT2D eigenvalue weighted by Crippen LogP contribution is -2.35. The Labute approximate surface area is 130 Å². The predicted octanol–water partition coefficient (Wildman–Crippen LogP) is 1.60. The fraction of sp³-hybridized carbons (Fsp3) is 0.462. The number of hydrogen-bond acceptors (Lipinski definition) is 5. The maximum absolute atomic E-state index is 12.0. The summed E-state index contributed by atoms with van der Waals surface area (Å²) < 4.78 is 5.60. The summed E-state index contributed by atoms with van der Waals surface area (Å²) >= 11 is 3.22. The molecule has 8 heteroatoms. The first-order valence-corrected chi connectivity index (χ1v) is 7.22. The van der Waals surface area contributed by atoms with Crippen molar-refractivity contribution in [3.8, 4) is 0 Å². The molecular weight excluding hydrogens is 342 g/mol. The van der Waals surface area contributed by atoms with Crippen LogP contribution in [0, 0.1) is 10.1 Å². The molecule has 21 heavy (non-hydrogen) atoms. The Morgan fingerprint density at radius 3 is 2.90 bits per heavy atom. The van der Waals surface area contributed by atoms with Crippen molar-refractivity contribution in [1.29, 1.82) is 0 Å². The van der Waals surface area contributed by atoms with Crippen molar-refractivity contribution >= 4 is 27.5 Å². The molecule has 2 N–H and O–H groups in total. The molecule has 1 aromatic rings. The number of methoxy groups -OCH3 is 1. The van der Waals surface area contributed by atoms with Gasteiger partial charge in [-0.05, 0) is 12.1 Å². The number of carbonyl (C=O) groups excluding carboxylic acids is 1. The van der Waals surface area contributed by atoms with E-state index < -0.39 is 17.0 Å². The highest BCUT2D eigenvalue weighted by molar-refractivity contribution is 9.10. The van der Waals surface area contributed by atoms with Crippen LogP contribution >= 0.6 is 15.9 Å². The second-order valence-corrected chi connectivity index (χ2v) is 5.77. The highest BCUT2D eigenvalue weighted by atomic mass is 79.9. The number of likely N-dealkylation sites (tertiary alicyclic amines) is 1. The molecule has 0 bridgehead atoms. The Kier molecular flexibility index (Phi) is 4.92. The molecule has 1 aromatic carbocycles. The van der Waals surface area contributed by atoms with Gasteiger partial charge >= 0.3 is 0 Å². The summed E-state index contributed by atoms with van der Waals surface area (Å²) in [6, 6.07) is 3.83. The van der Waals surface area contributed by atoms with Gasteiger partial charge in [0.1, 0.15) is 0 Å². The van der Waals surface area contributed by atoms with E-state index in [9.17, 15) is 14.9 Å². The lowest BCUT2D eigenvalue weighted by atomic mass is 9.99. The highest BCUT2D eigenvalue weighted by Crippen LogP contribution is 2.37. The van der Waals surface area contributed by atoms with Crippen molar-refractivity contribution in [3.05, 3.63) is 38.3 Å². The van der Waals surface area contributed by atoms with Gasteiger partial charge in [0.15, 0.2) is 0 Å². The zero-order chi connectivity index (χ0) is 15.6. The zero-order valence-corrected chi connectivity index (χ0v) is 13.1. The number of halogens is 1. The molecule has 0 aliphatic carbocycles. The molecule has 114 valence electrons. The Bertz CT molecular complexity index is 566. The molecule has 1 amide bonds. The van der Waals surface area contributed by atoms with Gasteiger partial charge in [-0.25, -0.2) is 0 Å². The normalized spacial score (nSPS) is 21.9. The second kappa shape index (κ2) is 6.50. The van der Waals surface area contributed by atoms with Gasteiger partial charge in [-0.3, -0.25) is 14.9 Å². The summed E-state index contributed by atoms with van der Waals surface area (Å²) in [4.78, 5) is 24.4. The molecule has 1 heterocycles. The van der Waals surface area contributed by atoms with Gasteiger partial charge in [0.2, 0.25) is 5.91 Å². The number of benzene rings is 1. The smallest absolute Gasteiger partial charge is 0.275 e. The van der Waals surface area contributed by atoms with Crippen LogP contribution in [-0.4, -0.2) is 42.0 Å². The first-order chi connectivity index (χ1) is 9.95. The van der Waals surface area contributed by atoms with Crippen molar-refractivity contribution in [3.63, 3.8) is 0 Å². The third-order valence-corrected chi connectivity index (χ3v) is 4.01. The Morgan fingerprint density at radius 2 is 2.29 bits per heavy atom. The molecule has 1 fully saturated rings. The number of carbonyl (C=O) groups is 1. The topological polar surface area (TPSA) is 98.7 Å². The van der Waals surface area contributed by atoms with Crippen LogP contribution in [0.15, 0.2) is 22.7 Å². The van der Waals surface area contributed by atoms with E-state index in [1.807, 2.05) is 0 Å². The summed E-state index contributed by atoms with van der Waals surface area (Å²) in [5.74, 6) is -0.109. The fourth-order valence-electron chi connectivity index (χ4n) is 2.59. The number of ether oxygens (including phenoxy) is 1. The van der Waals surface area contributed by atoms with Gasteiger partial charge in [0.25, 0.3) is 5.69 Å². The molecule has 2 rings (SSSR count). The summed E-state index contributed by atoms with van der Waals surface area (Å²) in [6.07, 6.45) is 0.182. The monoisotopic (exact) mass is 357 g/mol. The van der Waals surface area contributed by atoms with Crippen molar-refractivity contribution in [1.82, 2.24) is 4.90 Å². The van der Waals surface area contributed by atoms with Gasteiger partial charge in [0.05, 0.1) is 23.1 Å². The molecular formula is C13H16BrN3O4. The molecule has 1 saturated heterocycles. The number of nitrogens with zero attached hydrogens (tertiary/aromatic N) is 2. The van der Waals surface area contributed by atoms with Crippen LogP contribution < -0.4 is 5.73 Å². The van der Waals surface area contributed by atoms with Crippen LogP contribution in [-0.2, 0) is 9.53 Å². The van der Waals surface area contributed by atoms with Crippen LogP contribution in [0.5, 0.6) is 0 Å². The Morgan fingerprint density at radius 1 is 1.57 bits per heavy atom. The molecule has 7 nitrogen and oxygen atoms in total. The third-order valence-electron chi connectivity index (χ3n) is 3.52. The van der Waals surface area contributed by atoms with Crippen LogP contribution in [0.2, 0.25) is 0 Å². The SMILES string of the molecule is COCCN1C(=O)CC(N)C1c1ccc(Br)cc1[N+](=O)[O-]. The number of hydrogen-bond donors (Lipinski definition) is 1. The minimum Gasteiger partial charge on any atom is -0.383 e. The molecule has 0 radical (unpaired) electrons. The number of amides is 1. The van der Waals surface area contributed by atoms with E-state index >= 15 is 0 Å². The average molecular weight is 358 g/mol. The van der Waals surface area contributed by atoms with Crippen LogP contribution in [0.4, 0.5) is 5.69 Å². The first-order valence-electron chi connectivity index (χ1n) is 6.43. The zero-order valence-electron chi connectivity index (χ0n) is 11.5. The number of rotatable bonds is 5. The molecule has 1 aliphatic rings. The molecule has 0 saturated carbocycles. The Balaban J connectivity index is 2.42. The van der Waals surface area contributed by atoms with Gasteiger partial charge < -0.3 is 15.4 Å². The van der Waals surface area contributed by atoms with Crippen LogP contribution in [0.1, 0.15) is 18.0 Å². The average Bonchev–Trinajstić information content (AvgIpc) is 2.70. The maximum atomic E-state index is 12.0. The fourth-order valence-corrected chi connectivity index (χ4v) is 2.94. The molecule has 1 aliphatic heterocycles. The van der Waals surface area contributed by atoms with E-state index in [1.54, 1.807) is 17.0 Å². The summed E-state index contributed by atoms with van der Waals surface area (Å²) in [5.41, 5.74) is 6.45. The van der Waals surface area contributed by atoms with Gasteiger partial charge in [-0.1, -0.05) is 15.9 Å². The minimum atomic E-state index is -0.499. The number of nitrogens with two attached hydrogens (primary N) is 1. The predicted molar refractivity (Wildman–Crippen MR) is 79.7 cm³/mol. The molecule has 0 spiro atoms. The summed E-state index contributed by atoms with van der Waals surface area (Å²) in [7, 11) is 1.54. The first kappa shape index (κ1) is 15.9. The van der Waals surface area contributed by atoms with E-state index in [-0.39, 0.29) is 18.0 Å². The Hall–Kier alpha value is -1.51. The lowest BCUT2D eigenvalue weighted by Gasteiger charge is -2.26.